The molecule has 2 aliphatic rings. The third-order valence-corrected chi connectivity index (χ3v) is 6.91. The summed E-state index contributed by atoms with van der Waals surface area (Å²) in [4.78, 5) is 0.103. The van der Waals surface area contributed by atoms with Crippen molar-refractivity contribution in [2.24, 2.45) is 0 Å². The van der Waals surface area contributed by atoms with Crippen LogP contribution in [0.25, 0.3) is 0 Å². The molecule has 8 heteroatoms. The van der Waals surface area contributed by atoms with Gasteiger partial charge in [0.05, 0.1) is 15.5 Å². The number of sulfonamides is 1. The lowest BCUT2D eigenvalue weighted by Crippen LogP contribution is -2.42. The van der Waals surface area contributed by atoms with Gasteiger partial charge in [-0.3, -0.25) is 0 Å². The van der Waals surface area contributed by atoms with Gasteiger partial charge in [-0.15, -0.1) is 0 Å². The number of benzene rings is 1. The standard InChI is InChI=1S/C16H21BrFNO4S/c17-14-11-13(4-5-15(14)18)24(20,21)19-8-6-12(7-9-19)23-16-3-1-2-10-22-16/h4-5,11-12,16H,1-3,6-10H2. The predicted molar refractivity (Wildman–Crippen MR) is 90.6 cm³/mol. The summed E-state index contributed by atoms with van der Waals surface area (Å²) in [6.45, 7) is 1.53. The number of piperidine rings is 1. The highest BCUT2D eigenvalue weighted by atomic mass is 79.9. The van der Waals surface area contributed by atoms with Crippen LogP contribution in [0.4, 0.5) is 4.39 Å². The molecule has 2 heterocycles. The van der Waals surface area contributed by atoms with E-state index in [-0.39, 0.29) is 21.8 Å². The third kappa shape index (κ3) is 4.16. The van der Waals surface area contributed by atoms with Crippen molar-refractivity contribution >= 4 is 26.0 Å². The fourth-order valence-corrected chi connectivity index (χ4v) is 5.05. The first-order valence-corrected chi connectivity index (χ1v) is 10.4. The lowest BCUT2D eigenvalue weighted by Gasteiger charge is -2.34. The summed E-state index contributed by atoms with van der Waals surface area (Å²) < 4.78 is 51.7. The van der Waals surface area contributed by atoms with Crippen LogP contribution in [0.15, 0.2) is 27.6 Å². The van der Waals surface area contributed by atoms with E-state index in [0.717, 1.165) is 31.9 Å². The van der Waals surface area contributed by atoms with Crippen LogP contribution < -0.4 is 0 Å². The van der Waals surface area contributed by atoms with Crippen molar-refractivity contribution in [3.63, 3.8) is 0 Å². The number of ether oxygens (including phenoxy) is 2. The second kappa shape index (κ2) is 7.78. The minimum absolute atomic E-state index is 0.0273. The van der Waals surface area contributed by atoms with Gasteiger partial charge in [0.1, 0.15) is 5.82 Å². The van der Waals surface area contributed by atoms with Gasteiger partial charge in [0.2, 0.25) is 10.0 Å². The molecule has 1 unspecified atom stereocenters. The van der Waals surface area contributed by atoms with E-state index in [1.54, 1.807) is 0 Å². The molecule has 2 aliphatic heterocycles. The molecule has 0 spiro atoms. The molecule has 3 rings (SSSR count). The molecule has 0 bridgehead atoms. The number of hydrogen-bond donors (Lipinski definition) is 0. The normalized spacial score (nSPS) is 24.2. The fourth-order valence-electron chi connectivity index (χ4n) is 3.03. The Kier molecular flexibility index (Phi) is 5.92. The van der Waals surface area contributed by atoms with Gasteiger partial charge in [-0.2, -0.15) is 4.31 Å². The number of halogens is 2. The first-order valence-electron chi connectivity index (χ1n) is 8.19. The maximum Gasteiger partial charge on any atom is 0.243 e. The molecule has 5 nitrogen and oxygen atoms in total. The average molecular weight is 422 g/mol. The van der Waals surface area contributed by atoms with Crippen molar-refractivity contribution in [3.8, 4) is 0 Å². The molecule has 1 aromatic rings. The van der Waals surface area contributed by atoms with Crippen LogP contribution in [-0.2, 0) is 19.5 Å². The first kappa shape index (κ1) is 18.3. The maximum atomic E-state index is 13.3. The highest BCUT2D eigenvalue weighted by molar-refractivity contribution is 9.10. The summed E-state index contributed by atoms with van der Waals surface area (Å²) in [6.07, 6.45) is 4.24. The summed E-state index contributed by atoms with van der Waals surface area (Å²) in [7, 11) is -3.61. The Balaban J connectivity index is 1.59. The summed E-state index contributed by atoms with van der Waals surface area (Å²) in [5.41, 5.74) is 0. The molecule has 0 aromatic heterocycles. The lowest BCUT2D eigenvalue weighted by atomic mass is 10.1. The van der Waals surface area contributed by atoms with Crippen molar-refractivity contribution in [2.75, 3.05) is 19.7 Å². The molecule has 1 aromatic carbocycles. The molecule has 0 radical (unpaired) electrons. The minimum Gasteiger partial charge on any atom is -0.353 e. The first-order chi connectivity index (χ1) is 11.5. The lowest BCUT2D eigenvalue weighted by molar-refractivity contribution is -0.193. The van der Waals surface area contributed by atoms with Crippen molar-refractivity contribution in [1.82, 2.24) is 4.31 Å². The Hall–Kier alpha value is -0.540. The zero-order valence-electron chi connectivity index (χ0n) is 13.3. The van der Waals surface area contributed by atoms with Crippen LogP contribution in [0.5, 0.6) is 0 Å². The molecule has 2 fully saturated rings. The van der Waals surface area contributed by atoms with Gasteiger partial charge >= 0.3 is 0 Å². The Bertz CT molecular complexity index is 671. The Morgan fingerprint density at radius 3 is 2.58 bits per heavy atom. The third-order valence-electron chi connectivity index (χ3n) is 4.41. The summed E-state index contributed by atoms with van der Waals surface area (Å²) in [5.74, 6) is -0.478. The predicted octanol–water partition coefficient (Wildman–Crippen LogP) is 3.28. The molecule has 134 valence electrons. The minimum atomic E-state index is -3.61. The largest absolute Gasteiger partial charge is 0.353 e. The fraction of sp³-hybridized carbons (Fsp3) is 0.625. The van der Waals surface area contributed by atoms with E-state index in [1.165, 1.54) is 16.4 Å². The smallest absolute Gasteiger partial charge is 0.243 e. The summed E-state index contributed by atoms with van der Waals surface area (Å²) in [6, 6.07) is 3.77. The zero-order valence-corrected chi connectivity index (χ0v) is 15.7. The van der Waals surface area contributed by atoms with Gasteiger partial charge in [0.15, 0.2) is 6.29 Å². The second-order valence-corrected chi connectivity index (χ2v) is 8.90. The van der Waals surface area contributed by atoms with E-state index >= 15 is 0 Å². The van der Waals surface area contributed by atoms with Gasteiger partial charge in [-0.05, 0) is 66.2 Å². The molecule has 0 aliphatic carbocycles. The monoisotopic (exact) mass is 421 g/mol. The molecule has 0 N–H and O–H groups in total. The van der Waals surface area contributed by atoms with Gasteiger partial charge < -0.3 is 9.47 Å². The molecule has 1 atom stereocenters. The SMILES string of the molecule is O=S(=O)(c1ccc(F)c(Br)c1)N1CCC(OC2CCCCO2)CC1. The van der Waals surface area contributed by atoms with Gasteiger partial charge in [0, 0.05) is 19.7 Å². The maximum absolute atomic E-state index is 13.3. The van der Waals surface area contributed by atoms with E-state index in [0.29, 0.717) is 25.9 Å². The van der Waals surface area contributed by atoms with E-state index in [2.05, 4.69) is 15.9 Å². The van der Waals surface area contributed by atoms with Gasteiger partial charge in [-0.25, -0.2) is 12.8 Å². The average Bonchev–Trinajstić information content (AvgIpc) is 2.58. The van der Waals surface area contributed by atoms with Crippen molar-refractivity contribution in [2.45, 2.75) is 49.4 Å². The van der Waals surface area contributed by atoms with Crippen molar-refractivity contribution in [3.05, 3.63) is 28.5 Å². The van der Waals surface area contributed by atoms with Crippen molar-refractivity contribution < 1.29 is 22.3 Å². The molecule has 0 saturated carbocycles. The Morgan fingerprint density at radius 1 is 1.21 bits per heavy atom. The molecular weight excluding hydrogens is 401 g/mol. The van der Waals surface area contributed by atoms with Gasteiger partial charge in [0.25, 0.3) is 0 Å². The zero-order chi connectivity index (χ0) is 17.2. The quantitative estimate of drug-likeness (QED) is 0.748. The van der Waals surface area contributed by atoms with Crippen LogP contribution in [0.2, 0.25) is 0 Å². The van der Waals surface area contributed by atoms with E-state index in [9.17, 15) is 12.8 Å². The molecule has 2 saturated heterocycles. The van der Waals surface area contributed by atoms with Crippen LogP contribution in [-0.4, -0.2) is 44.8 Å². The topological polar surface area (TPSA) is 55.8 Å². The second-order valence-electron chi connectivity index (χ2n) is 6.11. The number of rotatable bonds is 4. The summed E-state index contributed by atoms with van der Waals surface area (Å²) in [5, 5.41) is 0. The van der Waals surface area contributed by atoms with Crippen LogP contribution in [0.3, 0.4) is 0 Å². The Labute approximate surface area is 150 Å². The number of hydrogen-bond acceptors (Lipinski definition) is 4. The van der Waals surface area contributed by atoms with Gasteiger partial charge in [-0.1, -0.05) is 0 Å². The molecule has 24 heavy (non-hydrogen) atoms. The highest BCUT2D eigenvalue weighted by Crippen LogP contribution is 2.27. The number of nitrogens with zero attached hydrogens (tertiary/aromatic N) is 1. The van der Waals surface area contributed by atoms with E-state index < -0.39 is 15.8 Å². The summed E-state index contributed by atoms with van der Waals surface area (Å²) >= 11 is 3.04. The molecule has 0 amide bonds. The van der Waals surface area contributed by atoms with Crippen LogP contribution in [0.1, 0.15) is 32.1 Å². The van der Waals surface area contributed by atoms with E-state index in [4.69, 9.17) is 9.47 Å². The Morgan fingerprint density at radius 2 is 1.96 bits per heavy atom. The highest BCUT2D eigenvalue weighted by Gasteiger charge is 2.31. The van der Waals surface area contributed by atoms with Crippen LogP contribution in [0, 0.1) is 5.82 Å². The molecular formula is C16H21BrFNO4S. The van der Waals surface area contributed by atoms with E-state index in [1.807, 2.05) is 0 Å². The van der Waals surface area contributed by atoms with Crippen LogP contribution >= 0.6 is 15.9 Å². The van der Waals surface area contributed by atoms with Crippen molar-refractivity contribution in [1.29, 1.82) is 0 Å².